The molecule has 0 aromatic heterocycles. The van der Waals surface area contributed by atoms with E-state index in [0.29, 0.717) is 26.0 Å². The van der Waals surface area contributed by atoms with Crippen molar-refractivity contribution >= 4 is 7.60 Å². The number of ether oxygens (including phenoxy) is 2. The third-order valence-electron chi connectivity index (χ3n) is 3.88. The minimum atomic E-state index is -3.04. The van der Waals surface area contributed by atoms with Crippen LogP contribution >= 0.6 is 7.60 Å². The number of benzene rings is 1. The molecule has 0 spiro atoms. The van der Waals surface area contributed by atoms with Crippen molar-refractivity contribution in [3.05, 3.63) is 35.4 Å². The van der Waals surface area contributed by atoms with E-state index in [2.05, 4.69) is 0 Å². The first kappa shape index (κ1) is 19.6. The minimum Gasteiger partial charge on any atom is -0.353 e. The molecule has 0 N–H and O–H groups in total. The highest BCUT2D eigenvalue weighted by molar-refractivity contribution is 7.53. The average Bonchev–Trinajstić information content (AvgIpc) is 2.58. The lowest BCUT2D eigenvalue weighted by atomic mass is 10.1. The number of hydrogen-bond acceptors (Lipinski definition) is 5. The van der Waals surface area contributed by atoms with Crippen molar-refractivity contribution in [2.45, 2.75) is 52.0 Å². The van der Waals surface area contributed by atoms with Gasteiger partial charge in [0.05, 0.1) is 26.0 Å². The Morgan fingerprint density at radius 3 is 2.33 bits per heavy atom. The molecule has 1 heterocycles. The SMILES string of the molecule is CCOP(=O)(Cc1ccc(CCOC2CCCCO2)cc1)OCC. The maximum Gasteiger partial charge on any atom is 0.335 e. The quantitative estimate of drug-likeness (QED) is 0.576. The summed E-state index contributed by atoms with van der Waals surface area (Å²) in [4.78, 5) is 0. The van der Waals surface area contributed by atoms with Gasteiger partial charge in [0.1, 0.15) is 0 Å². The lowest BCUT2D eigenvalue weighted by Gasteiger charge is -2.22. The maximum atomic E-state index is 12.5. The smallest absolute Gasteiger partial charge is 0.335 e. The van der Waals surface area contributed by atoms with Crippen molar-refractivity contribution in [2.24, 2.45) is 0 Å². The van der Waals surface area contributed by atoms with Gasteiger partial charge in [-0.1, -0.05) is 24.3 Å². The van der Waals surface area contributed by atoms with Gasteiger partial charge in [0.2, 0.25) is 0 Å². The third kappa shape index (κ3) is 6.66. The molecule has 0 saturated carbocycles. The molecule has 0 aliphatic carbocycles. The lowest BCUT2D eigenvalue weighted by molar-refractivity contribution is -0.161. The van der Waals surface area contributed by atoms with Crippen LogP contribution < -0.4 is 0 Å². The van der Waals surface area contributed by atoms with E-state index in [0.717, 1.165) is 31.4 Å². The zero-order valence-electron chi connectivity index (χ0n) is 14.7. The van der Waals surface area contributed by atoms with Crippen molar-refractivity contribution in [1.29, 1.82) is 0 Å². The number of hydrogen-bond donors (Lipinski definition) is 0. The highest BCUT2D eigenvalue weighted by Gasteiger charge is 2.23. The molecule has 6 heteroatoms. The largest absolute Gasteiger partial charge is 0.353 e. The molecule has 1 fully saturated rings. The van der Waals surface area contributed by atoms with E-state index in [1.54, 1.807) is 0 Å². The molecule has 0 amide bonds. The normalized spacial score (nSPS) is 18.7. The van der Waals surface area contributed by atoms with E-state index in [9.17, 15) is 4.57 Å². The van der Waals surface area contributed by atoms with Crippen LogP contribution in [0, 0.1) is 0 Å². The van der Waals surface area contributed by atoms with Gasteiger partial charge in [-0.2, -0.15) is 0 Å². The van der Waals surface area contributed by atoms with Gasteiger partial charge in [-0.3, -0.25) is 4.57 Å². The highest BCUT2D eigenvalue weighted by Crippen LogP contribution is 2.51. The molecule has 2 rings (SSSR count). The highest BCUT2D eigenvalue weighted by atomic mass is 31.2. The summed E-state index contributed by atoms with van der Waals surface area (Å²) in [6.07, 6.45) is 4.41. The molecule has 1 aliphatic rings. The maximum absolute atomic E-state index is 12.5. The fraction of sp³-hybridized carbons (Fsp3) is 0.667. The van der Waals surface area contributed by atoms with Gasteiger partial charge in [-0.05, 0) is 50.7 Å². The van der Waals surface area contributed by atoms with Crippen LogP contribution in [0.25, 0.3) is 0 Å². The Labute approximate surface area is 145 Å². The van der Waals surface area contributed by atoms with E-state index in [1.807, 2.05) is 38.1 Å². The standard InChI is InChI=1S/C18H29O5P/c1-3-22-24(19,23-4-2)15-17-10-8-16(9-11-17)12-14-21-18-7-5-6-13-20-18/h8-11,18H,3-7,12-15H2,1-2H3. The Bertz CT molecular complexity index is 501. The van der Waals surface area contributed by atoms with Gasteiger partial charge >= 0.3 is 7.60 Å². The molecule has 136 valence electrons. The third-order valence-corrected chi connectivity index (χ3v) is 5.94. The van der Waals surface area contributed by atoms with Gasteiger partial charge in [0.25, 0.3) is 0 Å². The fourth-order valence-corrected chi connectivity index (χ4v) is 4.41. The Kier molecular flexibility index (Phi) is 8.43. The van der Waals surface area contributed by atoms with Crippen molar-refractivity contribution < 1.29 is 23.1 Å². The predicted molar refractivity (Wildman–Crippen MR) is 94.3 cm³/mol. The molecule has 1 aromatic carbocycles. The summed E-state index contributed by atoms with van der Waals surface area (Å²) in [6, 6.07) is 8.06. The molecule has 0 radical (unpaired) electrons. The molecule has 5 nitrogen and oxygen atoms in total. The Morgan fingerprint density at radius 1 is 1.08 bits per heavy atom. The first-order chi connectivity index (χ1) is 11.6. The summed E-state index contributed by atoms with van der Waals surface area (Å²) in [5, 5.41) is 0. The first-order valence-corrected chi connectivity index (χ1v) is 10.6. The van der Waals surface area contributed by atoms with Crippen LogP contribution in [0.1, 0.15) is 44.2 Å². The molecule has 1 atom stereocenters. The fourth-order valence-electron chi connectivity index (χ4n) is 2.71. The topological polar surface area (TPSA) is 54.0 Å². The van der Waals surface area contributed by atoms with E-state index < -0.39 is 7.60 Å². The first-order valence-electron chi connectivity index (χ1n) is 8.84. The average molecular weight is 356 g/mol. The Balaban J connectivity index is 1.80. The van der Waals surface area contributed by atoms with Crippen molar-refractivity contribution in [3.8, 4) is 0 Å². The van der Waals surface area contributed by atoms with Gasteiger partial charge < -0.3 is 18.5 Å². The van der Waals surface area contributed by atoms with E-state index in [-0.39, 0.29) is 6.29 Å². The molecule has 1 aliphatic heterocycles. The molecular formula is C18H29O5P. The van der Waals surface area contributed by atoms with Crippen LogP contribution in [0.3, 0.4) is 0 Å². The van der Waals surface area contributed by atoms with Gasteiger partial charge in [0.15, 0.2) is 6.29 Å². The lowest BCUT2D eigenvalue weighted by Crippen LogP contribution is -2.23. The molecule has 1 unspecified atom stereocenters. The van der Waals surface area contributed by atoms with Crippen molar-refractivity contribution in [2.75, 3.05) is 26.4 Å². The summed E-state index contributed by atoms with van der Waals surface area (Å²) in [6.45, 7) is 5.88. The summed E-state index contributed by atoms with van der Waals surface area (Å²) in [5.41, 5.74) is 2.15. The van der Waals surface area contributed by atoms with Crippen LogP contribution in [0.2, 0.25) is 0 Å². The summed E-state index contributed by atoms with van der Waals surface area (Å²) >= 11 is 0. The monoisotopic (exact) mass is 356 g/mol. The Hall–Kier alpha value is -0.710. The Morgan fingerprint density at radius 2 is 1.75 bits per heavy atom. The summed E-state index contributed by atoms with van der Waals surface area (Å²) in [7, 11) is -3.04. The van der Waals surface area contributed by atoms with Crippen LogP contribution in [-0.4, -0.2) is 32.7 Å². The molecule has 1 aromatic rings. The van der Waals surface area contributed by atoms with Gasteiger partial charge in [0, 0.05) is 6.61 Å². The van der Waals surface area contributed by atoms with E-state index >= 15 is 0 Å². The van der Waals surface area contributed by atoms with Crippen LogP contribution in [-0.2, 0) is 35.7 Å². The second-order valence-electron chi connectivity index (χ2n) is 5.84. The summed E-state index contributed by atoms with van der Waals surface area (Å²) < 4.78 is 34.5. The summed E-state index contributed by atoms with van der Waals surface area (Å²) in [5.74, 6) is 0. The zero-order valence-corrected chi connectivity index (χ0v) is 15.6. The molecular weight excluding hydrogens is 327 g/mol. The molecule has 24 heavy (non-hydrogen) atoms. The molecule has 0 bridgehead atoms. The van der Waals surface area contributed by atoms with Crippen LogP contribution in [0.15, 0.2) is 24.3 Å². The minimum absolute atomic E-state index is 0.0405. The van der Waals surface area contributed by atoms with Crippen LogP contribution in [0.5, 0.6) is 0 Å². The van der Waals surface area contributed by atoms with Crippen LogP contribution in [0.4, 0.5) is 0 Å². The van der Waals surface area contributed by atoms with E-state index in [4.69, 9.17) is 18.5 Å². The second kappa shape index (κ2) is 10.3. The number of rotatable bonds is 10. The zero-order chi connectivity index (χ0) is 17.3. The predicted octanol–water partition coefficient (Wildman–Crippen LogP) is 4.54. The molecule has 1 saturated heterocycles. The van der Waals surface area contributed by atoms with Crippen molar-refractivity contribution in [1.82, 2.24) is 0 Å². The van der Waals surface area contributed by atoms with E-state index in [1.165, 1.54) is 12.0 Å². The second-order valence-corrected chi connectivity index (χ2v) is 7.89. The van der Waals surface area contributed by atoms with Gasteiger partial charge in [-0.15, -0.1) is 0 Å². The van der Waals surface area contributed by atoms with Crippen molar-refractivity contribution in [3.63, 3.8) is 0 Å². The van der Waals surface area contributed by atoms with Gasteiger partial charge in [-0.25, -0.2) is 0 Å².